The van der Waals surface area contributed by atoms with Gasteiger partial charge >= 0.3 is 0 Å². The van der Waals surface area contributed by atoms with Gasteiger partial charge in [0.25, 0.3) is 0 Å². The molecule has 0 aliphatic rings. The molecule has 0 radical (unpaired) electrons. The lowest BCUT2D eigenvalue weighted by Gasteiger charge is -2.16. The first-order chi connectivity index (χ1) is 7.72. The lowest BCUT2D eigenvalue weighted by Crippen LogP contribution is -2.18. The summed E-state index contributed by atoms with van der Waals surface area (Å²) in [4.78, 5) is 0. The van der Waals surface area contributed by atoms with E-state index in [0.29, 0.717) is 0 Å². The van der Waals surface area contributed by atoms with Crippen molar-refractivity contribution in [3.63, 3.8) is 0 Å². The van der Waals surface area contributed by atoms with Crippen molar-refractivity contribution < 1.29 is 10.2 Å². The lowest BCUT2D eigenvalue weighted by molar-refractivity contribution is -0.0871. The van der Waals surface area contributed by atoms with E-state index >= 15 is 0 Å². The third-order valence-corrected chi connectivity index (χ3v) is 3.37. The van der Waals surface area contributed by atoms with Gasteiger partial charge < -0.3 is 10.2 Å². The number of rotatable bonds is 11. The summed E-state index contributed by atoms with van der Waals surface area (Å²) in [5.74, 6) is 0.0834. The van der Waals surface area contributed by atoms with Crippen LogP contribution in [0.2, 0.25) is 0 Å². The third kappa shape index (κ3) is 9.17. The van der Waals surface area contributed by atoms with Gasteiger partial charge in [-0.1, -0.05) is 65.2 Å². The van der Waals surface area contributed by atoms with Crippen LogP contribution in [0.15, 0.2) is 0 Å². The average molecular weight is 230 g/mol. The Hall–Kier alpha value is -0.0800. The minimum Gasteiger partial charge on any atom is -0.368 e. The predicted molar refractivity (Wildman–Crippen MR) is 69.2 cm³/mol. The maximum absolute atomic E-state index is 9.07. The van der Waals surface area contributed by atoms with E-state index in [1.54, 1.807) is 0 Å². The first-order valence-corrected chi connectivity index (χ1v) is 7.08. The first-order valence-electron chi connectivity index (χ1n) is 7.08. The molecule has 0 aromatic heterocycles. The van der Waals surface area contributed by atoms with Crippen LogP contribution in [-0.4, -0.2) is 16.5 Å². The van der Waals surface area contributed by atoms with Crippen LogP contribution in [0.5, 0.6) is 0 Å². The predicted octanol–water partition coefficient (Wildman–Crippen LogP) is 3.85. The summed E-state index contributed by atoms with van der Waals surface area (Å²) in [5, 5.41) is 18.1. The van der Waals surface area contributed by atoms with Crippen LogP contribution >= 0.6 is 0 Å². The van der Waals surface area contributed by atoms with Gasteiger partial charge in [0.1, 0.15) is 0 Å². The summed E-state index contributed by atoms with van der Waals surface area (Å²) in [5.41, 5.74) is 0. The van der Waals surface area contributed by atoms with Crippen molar-refractivity contribution in [1.29, 1.82) is 0 Å². The van der Waals surface area contributed by atoms with Crippen LogP contribution in [-0.2, 0) is 0 Å². The van der Waals surface area contributed by atoms with Gasteiger partial charge in [0.15, 0.2) is 6.29 Å². The van der Waals surface area contributed by atoms with Gasteiger partial charge in [-0.25, -0.2) is 0 Å². The molecule has 1 atom stereocenters. The normalized spacial score (nSPS) is 13.3. The molecule has 0 saturated heterocycles. The highest BCUT2D eigenvalue weighted by atomic mass is 16.5. The number of unbranched alkanes of at least 4 members (excludes halogenated alkanes) is 7. The standard InChI is InChI=1S/C14H30O2/c1-3-5-6-7-8-9-10-11-12-13(4-2)14(15)16/h13-16H,3-12H2,1-2H3. The molecular weight excluding hydrogens is 200 g/mol. The minimum atomic E-state index is -1.12. The Morgan fingerprint density at radius 1 is 0.750 bits per heavy atom. The van der Waals surface area contributed by atoms with Crippen LogP contribution in [0.3, 0.4) is 0 Å². The topological polar surface area (TPSA) is 40.5 Å². The number of aliphatic hydroxyl groups excluding tert-OH is 1. The van der Waals surface area contributed by atoms with Gasteiger partial charge in [-0.3, -0.25) is 0 Å². The van der Waals surface area contributed by atoms with Crippen molar-refractivity contribution in [1.82, 2.24) is 0 Å². The fraction of sp³-hybridized carbons (Fsp3) is 1.00. The summed E-state index contributed by atoms with van der Waals surface area (Å²) in [6, 6.07) is 0. The highest BCUT2D eigenvalue weighted by Gasteiger charge is 2.13. The van der Waals surface area contributed by atoms with Gasteiger partial charge in [-0.05, 0) is 12.8 Å². The SMILES string of the molecule is CCCCCCCCCCC(CC)C(O)O. The summed E-state index contributed by atoms with van der Waals surface area (Å²) in [6.07, 6.45) is 11.2. The molecule has 0 rings (SSSR count). The molecule has 0 fully saturated rings. The van der Waals surface area contributed by atoms with Crippen molar-refractivity contribution >= 4 is 0 Å². The van der Waals surface area contributed by atoms with Crippen molar-refractivity contribution in [3.8, 4) is 0 Å². The van der Waals surface area contributed by atoms with Crippen molar-refractivity contribution in [2.24, 2.45) is 5.92 Å². The zero-order valence-corrected chi connectivity index (χ0v) is 11.1. The number of aliphatic hydroxyl groups is 2. The fourth-order valence-electron chi connectivity index (χ4n) is 2.10. The number of hydrogen-bond acceptors (Lipinski definition) is 2. The van der Waals surface area contributed by atoms with Gasteiger partial charge in [0.05, 0.1) is 0 Å². The van der Waals surface area contributed by atoms with Gasteiger partial charge in [-0.15, -0.1) is 0 Å². The lowest BCUT2D eigenvalue weighted by atomic mass is 9.97. The van der Waals surface area contributed by atoms with Crippen LogP contribution < -0.4 is 0 Å². The maximum Gasteiger partial charge on any atom is 0.154 e. The zero-order chi connectivity index (χ0) is 12.2. The fourth-order valence-corrected chi connectivity index (χ4v) is 2.10. The zero-order valence-electron chi connectivity index (χ0n) is 11.1. The van der Waals surface area contributed by atoms with Crippen molar-refractivity contribution in [3.05, 3.63) is 0 Å². The van der Waals surface area contributed by atoms with E-state index < -0.39 is 6.29 Å². The second kappa shape index (κ2) is 11.4. The highest BCUT2D eigenvalue weighted by Crippen LogP contribution is 2.17. The Bertz CT molecular complexity index is 135. The minimum absolute atomic E-state index is 0.0834. The Labute approximate surface area is 101 Å². The smallest absolute Gasteiger partial charge is 0.154 e. The molecule has 0 amide bonds. The van der Waals surface area contributed by atoms with E-state index in [1.807, 2.05) is 6.92 Å². The van der Waals surface area contributed by atoms with Crippen molar-refractivity contribution in [2.75, 3.05) is 0 Å². The molecule has 1 unspecified atom stereocenters. The average Bonchev–Trinajstić information content (AvgIpc) is 2.26. The molecule has 0 spiro atoms. The Morgan fingerprint density at radius 3 is 1.69 bits per heavy atom. The van der Waals surface area contributed by atoms with E-state index in [1.165, 1.54) is 44.9 Å². The maximum atomic E-state index is 9.07. The van der Waals surface area contributed by atoms with E-state index in [2.05, 4.69) is 6.92 Å². The quantitative estimate of drug-likeness (QED) is 0.418. The molecule has 0 aliphatic carbocycles. The number of hydrogen-bond donors (Lipinski definition) is 2. The molecule has 0 aromatic carbocycles. The first kappa shape index (κ1) is 15.9. The molecule has 2 nitrogen and oxygen atoms in total. The van der Waals surface area contributed by atoms with E-state index in [4.69, 9.17) is 10.2 Å². The Balaban J connectivity index is 3.19. The Kier molecular flexibility index (Phi) is 11.3. The van der Waals surface area contributed by atoms with Gasteiger partial charge in [0, 0.05) is 5.92 Å². The van der Waals surface area contributed by atoms with Crippen LogP contribution in [0, 0.1) is 5.92 Å². The summed E-state index contributed by atoms with van der Waals surface area (Å²) >= 11 is 0. The second-order valence-corrected chi connectivity index (χ2v) is 4.85. The molecule has 2 heteroatoms. The van der Waals surface area contributed by atoms with E-state index in [9.17, 15) is 0 Å². The molecule has 0 heterocycles. The molecule has 0 aliphatic heterocycles. The molecule has 0 saturated carbocycles. The van der Waals surface area contributed by atoms with Crippen molar-refractivity contribution in [2.45, 2.75) is 84.3 Å². The monoisotopic (exact) mass is 230 g/mol. The molecule has 2 N–H and O–H groups in total. The van der Waals surface area contributed by atoms with Crippen LogP contribution in [0.1, 0.15) is 78.1 Å². The molecular formula is C14H30O2. The largest absolute Gasteiger partial charge is 0.368 e. The highest BCUT2D eigenvalue weighted by molar-refractivity contribution is 4.59. The van der Waals surface area contributed by atoms with Gasteiger partial charge in [-0.2, -0.15) is 0 Å². The van der Waals surface area contributed by atoms with Crippen LogP contribution in [0.25, 0.3) is 0 Å². The van der Waals surface area contributed by atoms with Crippen LogP contribution in [0.4, 0.5) is 0 Å². The summed E-state index contributed by atoms with van der Waals surface area (Å²) in [7, 11) is 0. The van der Waals surface area contributed by atoms with E-state index in [-0.39, 0.29) is 5.92 Å². The molecule has 16 heavy (non-hydrogen) atoms. The summed E-state index contributed by atoms with van der Waals surface area (Å²) < 4.78 is 0. The summed E-state index contributed by atoms with van der Waals surface area (Å²) in [6.45, 7) is 4.26. The Morgan fingerprint density at radius 2 is 1.25 bits per heavy atom. The van der Waals surface area contributed by atoms with Gasteiger partial charge in [0.2, 0.25) is 0 Å². The second-order valence-electron chi connectivity index (χ2n) is 4.85. The van der Waals surface area contributed by atoms with E-state index in [0.717, 1.165) is 19.3 Å². The molecule has 0 aromatic rings. The third-order valence-electron chi connectivity index (χ3n) is 3.37. The molecule has 98 valence electrons. The molecule has 0 bridgehead atoms.